The van der Waals surface area contributed by atoms with Crippen LogP contribution in [0.1, 0.15) is 22.5 Å². The van der Waals surface area contributed by atoms with Gasteiger partial charge < -0.3 is 0 Å². The van der Waals surface area contributed by atoms with E-state index in [2.05, 4.69) is 10.2 Å². The van der Waals surface area contributed by atoms with E-state index < -0.39 is 23.7 Å². The van der Waals surface area contributed by atoms with Crippen LogP contribution in [0.3, 0.4) is 0 Å². The summed E-state index contributed by atoms with van der Waals surface area (Å²) in [5, 5.41) is 29.7. The lowest BCUT2D eigenvalue weighted by atomic mass is 10.0. The first-order valence-corrected chi connectivity index (χ1v) is 10.3. The summed E-state index contributed by atoms with van der Waals surface area (Å²) in [5.41, 5.74) is -2.21. The number of aromatic amines is 2. The van der Waals surface area contributed by atoms with Crippen molar-refractivity contribution in [3.8, 4) is 34.4 Å². The topological polar surface area (TPSA) is 105 Å². The fraction of sp³-hybridized carbons (Fsp3) is 0.0909. The van der Waals surface area contributed by atoms with Crippen LogP contribution < -0.4 is 0 Å². The van der Waals surface area contributed by atoms with Gasteiger partial charge in [-0.05, 0) is 35.4 Å². The van der Waals surface area contributed by atoms with E-state index >= 15 is 0 Å². The fourth-order valence-corrected chi connectivity index (χ4v) is 4.35. The molecule has 2 heterocycles. The molecule has 0 amide bonds. The van der Waals surface area contributed by atoms with Gasteiger partial charge in [0.1, 0.15) is 23.5 Å². The Hall–Kier alpha value is -4.23. The molecule has 176 valence electrons. The van der Waals surface area contributed by atoms with Crippen LogP contribution >= 0.6 is 11.8 Å². The Balaban J connectivity index is 1.80. The highest BCUT2D eigenvalue weighted by Crippen LogP contribution is 2.41. The number of benzene rings is 2. The third-order valence-electron chi connectivity index (χ3n) is 4.89. The first kappa shape index (κ1) is 23.9. The summed E-state index contributed by atoms with van der Waals surface area (Å²) < 4.78 is 79.8. The van der Waals surface area contributed by atoms with E-state index in [9.17, 15) is 36.9 Å². The quantitative estimate of drug-likeness (QED) is 0.313. The van der Waals surface area contributed by atoms with Crippen molar-refractivity contribution >= 4 is 11.8 Å². The highest BCUT2D eigenvalue weighted by atomic mass is 32.2. The molecule has 4 rings (SSSR count). The number of nitrogens with zero attached hydrogens (tertiary/aromatic N) is 4. The first-order valence-electron chi connectivity index (χ1n) is 9.51. The van der Waals surface area contributed by atoms with Crippen molar-refractivity contribution in [1.82, 2.24) is 20.4 Å². The summed E-state index contributed by atoms with van der Waals surface area (Å²) in [6, 6.07) is 11.8. The Bertz CT molecular complexity index is 1370. The second kappa shape index (κ2) is 8.85. The summed E-state index contributed by atoms with van der Waals surface area (Å²) >= 11 is 0.871. The molecule has 0 aliphatic carbocycles. The molecular weight excluding hydrogens is 494 g/mol. The molecule has 0 saturated heterocycles. The van der Waals surface area contributed by atoms with Crippen molar-refractivity contribution in [2.24, 2.45) is 0 Å². The number of nitrogens with one attached hydrogen (secondary N) is 2. The molecule has 0 fully saturated rings. The summed E-state index contributed by atoms with van der Waals surface area (Å²) in [4.78, 5) is 0.410. The van der Waals surface area contributed by atoms with Crippen molar-refractivity contribution in [3.63, 3.8) is 0 Å². The maximum Gasteiger partial charge on any atom is 0.433 e. The van der Waals surface area contributed by atoms with Gasteiger partial charge in [0.05, 0.1) is 23.5 Å². The van der Waals surface area contributed by atoms with Crippen LogP contribution in [0.5, 0.6) is 0 Å². The van der Waals surface area contributed by atoms with Gasteiger partial charge >= 0.3 is 12.4 Å². The van der Waals surface area contributed by atoms with Gasteiger partial charge in [-0.15, -0.1) is 0 Å². The lowest BCUT2D eigenvalue weighted by Crippen LogP contribution is -2.07. The van der Waals surface area contributed by atoms with Crippen LogP contribution in [0.4, 0.5) is 26.3 Å². The molecule has 0 aliphatic heterocycles. The zero-order valence-corrected chi connectivity index (χ0v) is 17.9. The summed E-state index contributed by atoms with van der Waals surface area (Å²) in [6.07, 6.45) is -7.40. The lowest BCUT2D eigenvalue weighted by molar-refractivity contribution is -0.141. The molecule has 35 heavy (non-hydrogen) atoms. The number of hydrogen-bond acceptors (Lipinski definition) is 5. The molecule has 0 bridgehead atoms. The maximum atomic E-state index is 13.3. The fourth-order valence-electron chi connectivity index (χ4n) is 3.29. The van der Waals surface area contributed by atoms with Crippen LogP contribution in [0.25, 0.3) is 22.3 Å². The Morgan fingerprint density at radius 3 is 1.43 bits per heavy atom. The third kappa shape index (κ3) is 4.72. The minimum atomic E-state index is -4.70. The SMILES string of the molecule is N#Cc1ccc(-c2cn[nH]c2C(F)(F)F)cc1Sc1cc(-c2cn[nH]c2C(F)(F)F)ccc1C#N. The largest absolute Gasteiger partial charge is 0.433 e. The highest BCUT2D eigenvalue weighted by molar-refractivity contribution is 7.99. The van der Waals surface area contributed by atoms with Gasteiger partial charge in [0, 0.05) is 20.9 Å². The van der Waals surface area contributed by atoms with Gasteiger partial charge in [-0.25, -0.2) is 0 Å². The minimum Gasteiger partial charge on any atom is -0.273 e. The van der Waals surface area contributed by atoms with E-state index in [-0.39, 0.29) is 43.2 Å². The van der Waals surface area contributed by atoms with E-state index in [0.29, 0.717) is 0 Å². The molecule has 4 aromatic rings. The van der Waals surface area contributed by atoms with Crippen molar-refractivity contribution in [1.29, 1.82) is 10.5 Å². The van der Waals surface area contributed by atoms with Crippen LogP contribution in [-0.4, -0.2) is 20.4 Å². The average Bonchev–Trinajstić information content (AvgIpc) is 3.49. The van der Waals surface area contributed by atoms with Crippen molar-refractivity contribution in [3.05, 3.63) is 71.3 Å². The molecule has 0 aliphatic rings. The van der Waals surface area contributed by atoms with E-state index in [1.165, 1.54) is 36.4 Å². The van der Waals surface area contributed by atoms with Crippen molar-refractivity contribution in [2.75, 3.05) is 0 Å². The number of halogens is 6. The Kier molecular flexibility index (Phi) is 6.05. The first-order chi connectivity index (χ1) is 16.5. The van der Waals surface area contributed by atoms with Gasteiger partial charge in [0.15, 0.2) is 0 Å². The molecule has 13 heteroatoms. The molecule has 0 radical (unpaired) electrons. The van der Waals surface area contributed by atoms with Crippen molar-refractivity contribution < 1.29 is 26.3 Å². The average molecular weight is 504 g/mol. The normalized spacial score (nSPS) is 11.8. The summed E-state index contributed by atoms with van der Waals surface area (Å²) in [6.45, 7) is 0. The van der Waals surface area contributed by atoms with E-state index in [1.54, 1.807) is 0 Å². The highest BCUT2D eigenvalue weighted by Gasteiger charge is 2.37. The second-order valence-corrected chi connectivity index (χ2v) is 8.14. The van der Waals surface area contributed by atoms with E-state index in [0.717, 1.165) is 24.2 Å². The van der Waals surface area contributed by atoms with Gasteiger partial charge in [0.25, 0.3) is 0 Å². The molecule has 0 spiro atoms. The zero-order chi connectivity index (χ0) is 25.4. The molecule has 0 atom stereocenters. The standard InChI is InChI=1S/C22H10F6N6S/c23-21(24,25)19-15(9-31-33-19)11-1-3-13(7-29)17(5-11)35-18-6-12(2-4-14(18)8-30)16-10-32-34-20(16)22(26,27)28/h1-6,9-10H,(H,31,33)(H,32,34). The summed E-state index contributed by atoms with van der Waals surface area (Å²) in [7, 11) is 0. The van der Waals surface area contributed by atoms with Gasteiger partial charge in [0.2, 0.25) is 0 Å². The van der Waals surface area contributed by atoms with Gasteiger partial charge in [-0.3, -0.25) is 10.2 Å². The molecule has 2 aromatic carbocycles. The second-order valence-electron chi connectivity index (χ2n) is 7.06. The lowest BCUT2D eigenvalue weighted by Gasteiger charge is -2.12. The number of alkyl halides is 6. The number of nitriles is 2. The molecule has 2 aromatic heterocycles. The maximum absolute atomic E-state index is 13.3. The number of hydrogen-bond donors (Lipinski definition) is 2. The van der Waals surface area contributed by atoms with Crippen molar-refractivity contribution in [2.45, 2.75) is 22.1 Å². The van der Waals surface area contributed by atoms with Crippen LogP contribution in [0.2, 0.25) is 0 Å². The van der Waals surface area contributed by atoms with E-state index in [4.69, 9.17) is 0 Å². The molecule has 0 saturated carbocycles. The Morgan fingerprint density at radius 1 is 0.686 bits per heavy atom. The zero-order valence-electron chi connectivity index (χ0n) is 17.1. The van der Waals surface area contributed by atoms with Gasteiger partial charge in [-0.2, -0.15) is 47.1 Å². The minimum absolute atomic E-state index is 0.101. The van der Waals surface area contributed by atoms with Crippen LogP contribution in [-0.2, 0) is 12.4 Å². The summed E-state index contributed by atoms with van der Waals surface area (Å²) in [5.74, 6) is 0. The molecular formula is C22H10F6N6S. The van der Waals surface area contributed by atoms with Gasteiger partial charge in [-0.1, -0.05) is 23.9 Å². The predicted octanol–water partition coefficient (Wildman–Crippen LogP) is 6.40. The number of aromatic nitrogens is 4. The smallest absolute Gasteiger partial charge is 0.273 e. The van der Waals surface area contributed by atoms with Crippen LogP contribution in [0, 0.1) is 22.7 Å². The third-order valence-corrected chi connectivity index (χ3v) is 6.01. The Morgan fingerprint density at radius 2 is 1.09 bits per heavy atom. The Labute approximate surface area is 197 Å². The predicted molar refractivity (Wildman–Crippen MR) is 112 cm³/mol. The molecule has 6 nitrogen and oxygen atoms in total. The molecule has 2 N–H and O–H groups in total. The van der Waals surface area contributed by atoms with E-state index in [1.807, 2.05) is 22.3 Å². The monoisotopic (exact) mass is 504 g/mol. The van der Waals surface area contributed by atoms with Crippen LogP contribution in [0.15, 0.2) is 58.6 Å². The number of rotatable bonds is 4. The number of H-pyrrole nitrogens is 2. The molecule has 0 unspecified atom stereocenters.